The van der Waals surface area contributed by atoms with Crippen LogP contribution < -0.4 is 5.73 Å². The average molecular weight is 408 g/mol. The van der Waals surface area contributed by atoms with Gasteiger partial charge in [0.2, 0.25) is 0 Å². The highest BCUT2D eigenvalue weighted by Crippen LogP contribution is 2.23. The van der Waals surface area contributed by atoms with Gasteiger partial charge in [0, 0.05) is 5.54 Å². The number of benzene rings is 1. The van der Waals surface area contributed by atoms with Gasteiger partial charge >= 0.3 is 0 Å². The normalized spacial score (nSPS) is 11.4. The zero-order valence-corrected chi connectivity index (χ0v) is 19.8. The second-order valence-corrected chi connectivity index (χ2v) is 9.43. The summed E-state index contributed by atoms with van der Waals surface area (Å²) in [5.74, 6) is 0. The van der Waals surface area contributed by atoms with Crippen LogP contribution in [0.15, 0.2) is 24.3 Å². The van der Waals surface area contributed by atoms with Gasteiger partial charge in [0.05, 0.1) is 0 Å². The van der Waals surface area contributed by atoms with E-state index in [0.29, 0.717) is 0 Å². The topological polar surface area (TPSA) is 26.0 Å². The second-order valence-electron chi connectivity index (χ2n) is 9.43. The Labute approximate surface area is 181 Å². The highest BCUT2D eigenvalue weighted by molar-refractivity contribution is 5.32. The molecule has 0 spiro atoms. The van der Waals surface area contributed by atoms with E-state index in [1.807, 2.05) is 0 Å². The molecule has 0 aromatic heterocycles. The van der Waals surface area contributed by atoms with E-state index in [9.17, 15) is 0 Å². The fraction of sp³-hybridized carbons (Fsp3) is 0.778. The van der Waals surface area contributed by atoms with Crippen LogP contribution in [0.4, 0.5) is 4.70 Å². The number of rotatable bonds is 18. The molecule has 0 unspecified atom stereocenters. The van der Waals surface area contributed by atoms with Crippen molar-refractivity contribution in [3.05, 3.63) is 35.4 Å². The number of hydrogen-bond acceptors (Lipinski definition) is 1. The zero-order valence-electron chi connectivity index (χ0n) is 19.8. The quantitative estimate of drug-likeness (QED) is 0.242. The smallest absolute Gasteiger partial charge is 0.0355 e. The zero-order chi connectivity index (χ0) is 20.5. The Morgan fingerprint density at radius 3 is 1.41 bits per heavy atom. The van der Waals surface area contributed by atoms with E-state index >= 15 is 0 Å². The molecule has 0 bridgehead atoms. The Kier molecular flexibility index (Phi) is 17.4. The monoisotopic (exact) mass is 407 g/mol. The van der Waals surface area contributed by atoms with Crippen molar-refractivity contribution in [1.29, 1.82) is 0 Å². The lowest BCUT2D eigenvalue weighted by molar-refractivity contribution is 0.527. The molecule has 29 heavy (non-hydrogen) atoms. The molecule has 0 atom stereocenters. The van der Waals surface area contributed by atoms with E-state index in [2.05, 4.69) is 45.0 Å². The van der Waals surface area contributed by atoms with Gasteiger partial charge in [0.15, 0.2) is 0 Å². The van der Waals surface area contributed by atoms with Crippen molar-refractivity contribution in [3.63, 3.8) is 0 Å². The van der Waals surface area contributed by atoms with E-state index in [4.69, 9.17) is 5.73 Å². The van der Waals surface area contributed by atoms with Gasteiger partial charge in [-0.25, -0.2) is 0 Å². The molecule has 0 saturated carbocycles. The van der Waals surface area contributed by atoms with Gasteiger partial charge in [0.1, 0.15) is 0 Å². The van der Waals surface area contributed by atoms with Crippen molar-refractivity contribution >= 4 is 0 Å². The summed E-state index contributed by atoms with van der Waals surface area (Å²) in [5.41, 5.74) is 8.85. The molecule has 1 aromatic carbocycles. The van der Waals surface area contributed by atoms with Gasteiger partial charge < -0.3 is 5.73 Å². The van der Waals surface area contributed by atoms with Crippen molar-refractivity contribution in [2.45, 2.75) is 135 Å². The molecular weight excluding hydrogens is 357 g/mol. The van der Waals surface area contributed by atoms with Crippen LogP contribution in [-0.2, 0) is 12.0 Å². The fourth-order valence-electron chi connectivity index (χ4n) is 4.23. The Morgan fingerprint density at radius 2 is 1.00 bits per heavy atom. The number of aryl methyl sites for hydroxylation is 1. The van der Waals surface area contributed by atoms with Crippen LogP contribution in [0.3, 0.4) is 0 Å². The highest BCUT2D eigenvalue weighted by atomic mass is 19.0. The van der Waals surface area contributed by atoms with Crippen LogP contribution in [0.1, 0.15) is 135 Å². The third-order valence-corrected chi connectivity index (χ3v) is 6.01. The molecule has 0 saturated heterocycles. The van der Waals surface area contributed by atoms with Gasteiger partial charge in [-0.2, -0.15) is 0 Å². The van der Waals surface area contributed by atoms with Crippen LogP contribution >= 0.6 is 0 Å². The number of hydrogen-bond donors (Lipinski definition) is 1. The summed E-state index contributed by atoms with van der Waals surface area (Å²) < 4.78 is 0. The predicted octanol–water partition coefficient (Wildman–Crippen LogP) is 8.84. The molecule has 1 nitrogen and oxygen atoms in total. The Hall–Kier alpha value is -0.890. The third-order valence-electron chi connectivity index (χ3n) is 6.01. The van der Waals surface area contributed by atoms with E-state index < -0.39 is 0 Å². The Balaban J connectivity index is 0.00000784. The molecule has 2 N–H and O–H groups in total. The van der Waals surface area contributed by atoms with E-state index in [0.717, 1.165) is 0 Å². The van der Waals surface area contributed by atoms with Crippen molar-refractivity contribution < 1.29 is 4.70 Å². The van der Waals surface area contributed by atoms with E-state index in [1.165, 1.54) is 120 Å². The highest BCUT2D eigenvalue weighted by Gasteiger charge is 2.17. The van der Waals surface area contributed by atoms with Crippen LogP contribution in [-0.4, -0.2) is 0 Å². The van der Waals surface area contributed by atoms with Crippen molar-refractivity contribution in [1.82, 2.24) is 0 Å². The van der Waals surface area contributed by atoms with Crippen molar-refractivity contribution in [2.24, 2.45) is 5.73 Å². The number of nitrogens with two attached hydrogens (primary N) is 1. The van der Waals surface area contributed by atoms with Gasteiger partial charge in [0.25, 0.3) is 0 Å². The molecule has 0 fully saturated rings. The first-order chi connectivity index (χ1) is 13.6. The molecule has 170 valence electrons. The molecule has 0 aliphatic carbocycles. The van der Waals surface area contributed by atoms with Crippen LogP contribution in [0.2, 0.25) is 0 Å². The summed E-state index contributed by atoms with van der Waals surface area (Å²) >= 11 is 0. The van der Waals surface area contributed by atoms with E-state index in [-0.39, 0.29) is 10.2 Å². The first-order valence-corrected chi connectivity index (χ1v) is 12.4. The summed E-state index contributed by atoms with van der Waals surface area (Å²) in [7, 11) is 0. The maximum Gasteiger partial charge on any atom is 0.0355 e. The maximum atomic E-state index is 6.32. The van der Waals surface area contributed by atoms with Crippen LogP contribution in [0, 0.1) is 0 Å². The number of halogens is 1. The van der Waals surface area contributed by atoms with Gasteiger partial charge in [-0.1, -0.05) is 128 Å². The molecule has 0 amide bonds. The predicted molar refractivity (Wildman–Crippen MR) is 129 cm³/mol. The third kappa shape index (κ3) is 14.7. The summed E-state index contributed by atoms with van der Waals surface area (Å²) in [6.45, 7) is 6.52. The number of unbranched alkanes of at least 4 members (excludes halogenated alkanes) is 15. The lowest BCUT2D eigenvalue weighted by atomic mass is 9.89. The van der Waals surface area contributed by atoms with Crippen molar-refractivity contribution in [2.75, 3.05) is 0 Å². The Morgan fingerprint density at radius 1 is 0.621 bits per heavy atom. The lowest BCUT2D eigenvalue weighted by Gasteiger charge is -2.23. The first kappa shape index (κ1) is 28.1. The molecule has 1 rings (SSSR count). The Bertz CT molecular complexity index is 478. The molecular formula is C27H50FN. The lowest BCUT2D eigenvalue weighted by Crippen LogP contribution is -2.30. The average Bonchev–Trinajstić information content (AvgIpc) is 2.67. The van der Waals surface area contributed by atoms with Gasteiger partial charge in [-0.3, -0.25) is 4.70 Å². The molecule has 2 heteroatoms. The van der Waals surface area contributed by atoms with Crippen molar-refractivity contribution in [3.8, 4) is 0 Å². The van der Waals surface area contributed by atoms with Crippen LogP contribution in [0.25, 0.3) is 0 Å². The van der Waals surface area contributed by atoms with Gasteiger partial charge in [-0.15, -0.1) is 0 Å². The molecule has 0 radical (unpaired) electrons. The molecule has 0 heterocycles. The molecule has 0 aliphatic rings. The minimum absolute atomic E-state index is 0. The van der Waals surface area contributed by atoms with E-state index in [1.54, 1.807) is 0 Å². The van der Waals surface area contributed by atoms with Crippen LogP contribution in [0.5, 0.6) is 0 Å². The summed E-state index contributed by atoms with van der Waals surface area (Å²) in [6.07, 6.45) is 24.0. The molecule has 1 aromatic rings. The summed E-state index contributed by atoms with van der Waals surface area (Å²) in [6, 6.07) is 8.72. The molecule has 0 aliphatic heterocycles. The fourth-order valence-corrected chi connectivity index (χ4v) is 4.23. The minimum atomic E-state index is -0.231. The summed E-state index contributed by atoms with van der Waals surface area (Å²) in [5, 5.41) is 0. The van der Waals surface area contributed by atoms with Gasteiger partial charge in [-0.05, 0) is 37.8 Å². The summed E-state index contributed by atoms with van der Waals surface area (Å²) in [4.78, 5) is 0. The second kappa shape index (κ2) is 17.9. The standard InChI is InChI=1S/C27H49N.FH/c1-4-5-6-7-8-9-10-11-12-13-14-15-16-17-18-19-22-25-23-20-21-24-26(25)27(2,3)28;/h20-21,23-24H,4-19,22,28H2,1-3H3;1H. The minimum Gasteiger partial charge on any atom is -0.322 e. The SMILES string of the molecule is CCCCCCCCCCCCCCCCCCc1ccccc1C(C)(C)N.F. The first-order valence-electron chi connectivity index (χ1n) is 12.4. The maximum absolute atomic E-state index is 6.32. The largest absolute Gasteiger partial charge is 0.322 e.